The zero-order valence-electron chi connectivity index (χ0n) is 4.71. The molecule has 0 amide bonds. The third kappa shape index (κ3) is 6.80. The van der Waals surface area contributed by atoms with E-state index in [0.29, 0.717) is 0 Å². The molecule has 0 aliphatic rings. The summed E-state index contributed by atoms with van der Waals surface area (Å²) in [5.74, 6) is 0. The van der Waals surface area contributed by atoms with Gasteiger partial charge in [0.2, 0.25) is 0 Å². The summed E-state index contributed by atoms with van der Waals surface area (Å²) in [6, 6.07) is 0. The Morgan fingerprint density at radius 3 is 2.57 bits per heavy atom. The maximum atomic E-state index is 5.54. The third-order valence-corrected chi connectivity index (χ3v) is 2.16. The van der Waals surface area contributed by atoms with Crippen LogP contribution >= 0.6 is 9.07 Å². The number of rotatable bonds is 3. The van der Waals surface area contributed by atoms with Gasteiger partial charge in [0, 0.05) is 0 Å². The van der Waals surface area contributed by atoms with Crippen LogP contribution in [0.15, 0.2) is 12.2 Å². The van der Waals surface area contributed by atoms with Gasteiger partial charge in [0.05, 0.1) is 0 Å². The van der Waals surface area contributed by atoms with Crippen LogP contribution in [-0.4, -0.2) is 19.3 Å². The molecule has 0 nitrogen and oxygen atoms in total. The van der Waals surface area contributed by atoms with Gasteiger partial charge in [0.15, 0.2) is 0 Å². The molecule has 0 N–H and O–H groups in total. The molecule has 0 fully saturated rings. The minimum Gasteiger partial charge on any atom is -0.346 e. The lowest BCUT2D eigenvalue weighted by Gasteiger charge is -1.89. The monoisotopic (exact) mass is 128 g/mol. The van der Waals surface area contributed by atoms with Crippen molar-refractivity contribution in [1.82, 2.24) is 0 Å². The summed E-state index contributed by atoms with van der Waals surface area (Å²) in [5, 5.41) is 0. The first-order chi connectivity index (χ1) is 3.27. The van der Waals surface area contributed by atoms with E-state index < -0.39 is 0 Å². The van der Waals surface area contributed by atoms with Crippen LogP contribution in [0.5, 0.6) is 0 Å². The molecule has 38 valence electrons. The zero-order valence-corrected chi connectivity index (χ0v) is 6.88. The van der Waals surface area contributed by atoms with Crippen molar-refractivity contribution in [2.75, 3.05) is 0 Å². The maximum Gasteiger partial charge on any atom is 0.501 e. The molecule has 0 heterocycles. The normalized spacial score (nSPS) is 7.71. The summed E-state index contributed by atoms with van der Waals surface area (Å²) < 4.78 is 1.21. The second-order valence-electron chi connectivity index (χ2n) is 1.75. The highest BCUT2D eigenvalue weighted by Gasteiger charge is 1.88. The average Bonchev–Trinajstić information content (AvgIpc) is 1.61. The van der Waals surface area contributed by atoms with E-state index in [1.165, 1.54) is 10.1 Å². The van der Waals surface area contributed by atoms with Gasteiger partial charge in [-0.25, -0.2) is 0 Å². The number of hydrogen-bond acceptors (Lipinski definition) is 0. The van der Waals surface area contributed by atoms with Crippen molar-refractivity contribution in [2.45, 2.75) is 17.9 Å². The summed E-state index contributed by atoms with van der Waals surface area (Å²) in [7, 11) is 5.54. The largest absolute Gasteiger partial charge is 0.501 e. The lowest BCUT2D eigenvalue weighted by molar-refractivity contribution is 1.10. The van der Waals surface area contributed by atoms with Gasteiger partial charge >= 0.3 is 19.3 Å². The smallest absolute Gasteiger partial charge is 0.346 e. The molecule has 0 aromatic heterocycles. The highest BCUT2D eigenvalue weighted by molar-refractivity contribution is 6.93. The van der Waals surface area contributed by atoms with Crippen molar-refractivity contribution >= 4 is 28.3 Å². The SMILES string of the molecule is C=C(C)C[CH2][Mg][Cl]. The minimum absolute atomic E-state index is 0.217. The van der Waals surface area contributed by atoms with Crippen LogP contribution in [0.3, 0.4) is 0 Å². The lowest BCUT2D eigenvalue weighted by Crippen LogP contribution is -1.77. The fraction of sp³-hybridized carbons (Fsp3) is 0.600. The molecule has 0 spiro atoms. The van der Waals surface area contributed by atoms with Crippen LogP contribution in [0.25, 0.3) is 0 Å². The molecule has 0 aliphatic carbocycles. The van der Waals surface area contributed by atoms with E-state index in [0.717, 1.165) is 6.42 Å². The number of hydrogen-bond donors (Lipinski definition) is 0. The lowest BCUT2D eigenvalue weighted by atomic mass is 10.3. The molecule has 0 unspecified atom stereocenters. The summed E-state index contributed by atoms with van der Waals surface area (Å²) in [6.45, 7) is 5.80. The van der Waals surface area contributed by atoms with Crippen LogP contribution in [-0.2, 0) is 0 Å². The van der Waals surface area contributed by atoms with Crippen LogP contribution in [0, 0.1) is 0 Å². The summed E-state index contributed by atoms with van der Waals surface area (Å²) >= 11 is -0.217. The Morgan fingerprint density at radius 2 is 2.43 bits per heavy atom. The Bertz CT molecular complexity index is 61.1. The molecule has 0 aromatic carbocycles. The van der Waals surface area contributed by atoms with E-state index in [2.05, 4.69) is 6.58 Å². The van der Waals surface area contributed by atoms with Crippen molar-refractivity contribution in [1.29, 1.82) is 0 Å². The Kier molecular flexibility index (Phi) is 5.51. The van der Waals surface area contributed by atoms with Gasteiger partial charge in [-0.05, 0) is 6.92 Å². The molecule has 2 heteroatoms. The van der Waals surface area contributed by atoms with Crippen molar-refractivity contribution in [2.24, 2.45) is 0 Å². The number of allylic oxidation sites excluding steroid dienone is 1. The zero-order chi connectivity index (χ0) is 5.70. The molecular formula is C5H9ClMg. The highest BCUT2D eigenvalue weighted by Crippen LogP contribution is 1.99. The Morgan fingerprint density at radius 1 is 1.86 bits per heavy atom. The first-order valence-electron chi connectivity index (χ1n) is 2.47. The topological polar surface area (TPSA) is 0 Å². The van der Waals surface area contributed by atoms with E-state index in [9.17, 15) is 0 Å². The maximum absolute atomic E-state index is 5.54. The van der Waals surface area contributed by atoms with E-state index in [4.69, 9.17) is 9.07 Å². The van der Waals surface area contributed by atoms with Crippen LogP contribution < -0.4 is 0 Å². The van der Waals surface area contributed by atoms with E-state index in [1.807, 2.05) is 6.92 Å². The third-order valence-electron chi connectivity index (χ3n) is 0.737. The summed E-state index contributed by atoms with van der Waals surface area (Å²) in [4.78, 5) is 0. The standard InChI is InChI=1S/C5H9.ClH.Mg/c1-4-5(2)3;;/h1-2,4H2,3H3;1H;/q;;+1/p-1. The average molecular weight is 129 g/mol. The Hall–Kier alpha value is 0.796. The van der Waals surface area contributed by atoms with Crippen molar-refractivity contribution < 1.29 is 0 Å². The van der Waals surface area contributed by atoms with Gasteiger partial charge in [-0.2, -0.15) is 0 Å². The number of halogens is 1. The summed E-state index contributed by atoms with van der Waals surface area (Å²) in [6.07, 6.45) is 1.13. The predicted molar refractivity (Wildman–Crippen MR) is 35.8 cm³/mol. The van der Waals surface area contributed by atoms with Crippen LogP contribution in [0.1, 0.15) is 13.3 Å². The minimum atomic E-state index is -0.217. The first-order valence-corrected chi connectivity index (χ1v) is 5.61. The molecule has 0 aromatic rings. The van der Waals surface area contributed by atoms with Crippen molar-refractivity contribution in [3.63, 3.8) is 0 Å². The van der Waals surface area contributed by atoms with Gasteiger partial charge in [-0.3, -0.25) is 0 Å². The summed E-state index contributed by atoms with van der Waals surface area (Å²) in [5.41, 5.74) is 1.26. The van der Waals surface area contributed by atoms with Crippen molar-refractivity contribution in [3.05, 3.63) is 12.2 Å². The highest BCUT2D eigenvalue weighted by atomic mass is 35.5. The molecule has 0 bridgehead atoms. The molecule has 0 radical (unpaired) electrons. The fourth-order valence-electron chi connectivity index (χ4n) is 0.369. The molecule has 0 atom stereocenters. The Labute approximate surface area is 58.4 Å². The van der Waals surface area contributed by atoms with Crippen LogP contribution in [0.2, 0.25) is 4.55 Å². The first kappa shape index (κ1) is 7.80. The Balaban J connectivity index is 2.82. The molecule has 0 rings (SSSR count). The van der Waals surface area contributed by atoms with Crippen LogP contribution in [0.4, 0.5) is 0 Å². The molecule has 0 saturated carbocycles. The second kappa shape index (κ2) is 4.94. The molecule has 7 heavy (non-hydrogen) atoms. The van der Waals surface area contributed by atoms with Gasteiger partial charge in [0.25, 0.3) is 0 Å². The second-order valence-corrected chi connectivity index (χ2v) is 3.97. The van der Waals surface area contributed by atoms with Gasteiger partial charge < -0.3 is 9.07 Å². The van der Waals surface area contributed by atoms with Crippen molar-refractivity contribution in [3.8, 4) is 0 Å². The van der Waals surface area contributed by atoms with Gasteiger partial charge in [-0.15, -0.1) is 11.1 Å². The molecule has 0 saturated heterocycles. The quantitative estimate of drug-likeness (QED) is 0.404. The fourth-order valence-corrected chi connectivity index (χ4v) is 1.51. The molecule has 0 aliphatic heterocycles. The van der Waals surface area contributed by atoms with E-state index in [-0.39, 0.29) is 19.3 Å². The molecular weight excluding hydrogens is 120 g/mol. The van der Waals surface area contributed by atoms with E-state index in [1.54, 1.807) is 0 Å². The van der Waals surface area contributed by atoms with Gasteiger partial charge in [-0.1, -0.05) is 12.0 Å². The predicted octanol–water partition coefficient (Wildman–Crippen LogP) is 2.23. The van der Waals surface area contributed by atoms with E-state index >= 15 is 0 Å². The van der Waals surface area contributed by atoms with Gasteiger partial charge in [0.1, 0.15) is 0 Å².